The van der Waals surface area contributed by atoms with Crippen molar-refractivity contribution in [2.24, 2.45) is 0 Å². The van der Waals surface area contributed by atoms with Crippen LogP contribution in [0.5, 0.6) is 5.75 Å². The van der Waals surface area contributed by atoms with Crippen LogP contribution < -0.4 is 0 Å². The van der Waals surface area contributed by atoms with Crippen LogP contribution in [0.15, 0.2) is 67.3 Å². The van der Waals surface area contributed by atoms with Crippen LogP contribution in [-0.2, 0) is 6.54 Å². The van der Waals surface area contributed by atoms with E-state index in [0.717, 1.165) is 58.9 Å². The molecule has 8 nitrogen and oxygen atoms in total. The molecule has 0 aliphatic carbocycles. The van der Waals surface area contributed by atoms with Gasteiger partial charge in [-0.25, -0.2) is 14.4 Å². The molecular weight excluding hydrogens is 481 g/mol. The van der Waals surface area contributed by atoms with Gasteiger partial charge in [0, 0.05) is 59.3 Å². The summed E-state index contributed by atoms with van der Waals surface area (Å²) >= 11 is 0. The first kappa shape index (κ1) is 22.6. The molecular formula is C29H24FN7O. The lowest BCUT2D eigenvalue weighted by atomic mass is 10.0. The molecule has 0 atom stereocenters. The third-order valence-corrected chi connectivity index (χ3v) is 7.13. The first-order chi connectivity index (χ1) is 18.6. The van der Waals surface area contributed by atoms with Gasteiger partial charge in [0.2, 0.25) is 0 Å². The number of aromatic hydroxyl groups is 1. The van der Waals surface area contributed by atoms with Crippen molar-refractivity contribution < 1.29 is 9.50 Å². The molecule has 38 heavy (non-hydrogen) atoms. The molecule has 0 unspecified atom stereocenters. The summed E-state index contributed by atoms with van der Waals surface area (Å²) in [5.41, 5.74) is 7.26. The highest BCUT2D eigenvalue weighted by atomic mass is 19.1. The number of nitrogens with zero attached hydrogens (tertiary/aromatic N) is 5. The van der Waals surface area contributed by atoms with E-state index in [4.69, 9.17) is 0 Å². The molecule has 1 aliphatic heterocycles. The molecule has 188 valence electrons. The van der Waals surface area contributed by atoms with E-state index in [-0.39, 0.29) is 5.75 Å². The predicted octanol–water partition coefficient (Wildman–Crippen LogP) is 5.67. The van der Waals surface area contributed by atoms with Gasteiger partial charge in [-0.15, -0.1) is 0 Å². The van der Waals surface area contributed by atoms with Gasteiger partial charge in [-0.1, -0.05) is 0 Å². The van der Waals surface area contributed by atoms with E-state index < -0.39 is 5.82 Å². The number of pyridine rings is 3. The van der Waals surface area contributed by atoms with Gasteiger partial charge in [0.25, 0.3) is 0 Å². The normalized spacial score (nSPS) is 14.1. The molecule has 9 heteroatoms. The smallest absolute Gasteiger partial charge is 0.155 e. The first-order valence-corrected chi connectivity index (χ1v) is 12.6. The van der Waals surface area contributed by atoms with Crippen molar-refractivity contribution in [2.45, 2.75) is 19.4 Å². The number of phenolic OH excluding ortho intramolecular Hbond substituents is 1. The molecule has 0 saturated carbocycles. The fourth-order valence-electron chi connectivity index (χ4n) is 5.33. The maximum absolute atomic E-state index is 14.0. The Hall–Kier alpha value is -4.63. The number of benzene rings is 1. The minimum absolute atomic E-state index is 0.128. The molecule has 6 heterocycles. The molecule has 0 amide bonds. The number of phenols is 1. The number of hydrogen-bond acceptors (Lipinski definition) is 6. The van der Waals surface area contributed by atoms with Crippen molar-refractivity contribution in [3.63, 3.8) is 0 Å². The number of H-pyrrole nitrogens is 2. The number of aromatic amines is 2. The largest absolute Gasteiger partial charge is 0.508 e. The Labute approximate surface area is 217 Å². The van der Waals surface area contributed by atoms with Crippen LogP contribution in [0.4, 0.5) is 4.39 Å². The topological polar surface area (TPSA) is 107 Å². The number of fused-ring (bicyclic) bond motifs is 2. The number of likely N-dealkylation sites (tertiary alicyclic amines) is 1. The maximum atomic E-state index is 14.0. The zero-order chi connectivity index (χ0) is 25.6. The van der Waals surface area contributed by atoms with Gasteiger partial charge in [0.1, 0.15) is 22.9 Å². The van der Waals surface area contributed by atoms with E-state index in [1.807, 2.05) is 24.7 Å². The Morgan fingerprint density at radius 1 is 0.868 bits per heavy atom. The standard InChI is InChI=1S/C29H24FN7O/c30-21-8-18(9-22(38)11-21)23-3-4-32-28-24(23)12-26(34-28)27-25-10-20(15-33-29(25)36-35-27)19-7-17(13-31-14-19)16-37-5-1-2-6-37/h3-4,7-15,38H,1-2,5-6,16H2,(H,32,34)(H,33,35,36). The predicted molar refractivity (Wildman–Crippen MR) is 144 cm³/mol. The van der Waals surface area contributed by atoms with Gasteiger partial charge in [-0.3, -0.25) is 15.0 Å². The third kappa shape index (κ3) is 4.06. The van der Waals surface area contributed by atoms with Gasteiger partial charge in [0.05, 0.1) is 5.69 Å². The maximum Gasteiger partial charge on any atom is 0.155 e. The Kier molecular flexibility index (Phi) is 5.36. The van der Waals surface area contributed by atoms with Gasteiger partial charge in [-0.2, -0.15) is 5.10 Å². The lowest BCUT2D eigenvalue weighted by Gasteiger charge is -2.14. The highest BCUT2D eigenvalue weighted by molar-refractivity contribution is 5.99. The number of halogens is 1. The van der Waals surface area contributed by atoms with Crippen molar-refractivity contribution in [1.82, 2.24) is 35.0 Å². The second-order valence-corrected chi connectivity index (χ2v) is 9.76. The van der Waals surface area contributed by atoms with Gasteiger partial charge in [-0.05, 0) is 79.0 Å². The van der Waals surface area contributed by atoms with Crippen molar-refractivity contribution in [3.8, 4) is 39.4 Å². The lowest BCUT2D eigenvalue weighted by Crippen LogP contribution is -2.18. The van der Waals surface area contributed by atoms with Gasteiger partial charge in [0.15, 0.2) is 5.65 Å². The van der Waals surface area contributed by atoms with Gasteiger partial charge >= 0.3 is 0 Å². The van der Waals surface area contributed by atoms with E-state index in [1.165, 1.54) is 30.5 Å². The monoisotopic (exact) mass is 505 g/mol. The highest BCUT2D eigenvalue weighted by Crippen LogP contribution is 2.35. The molecule has 0 bridgehead atoms. The molecule has 1 aliphatic rings. The summed E-state index contributed by atoms with van der Waals surface area (Å²) in [6, 6.07) is 12.0. The van der Waals surface area contributed by atoms with Gasteiger partial charge < -0.3 is 10.1 Å². The van der Waals surface area contributed by atoms with Crippen LogP contribution in [0, 0.1) is 5.82 Å². The summed E-state index contributed by atoms with van der Waals surface area (Å²) in [5.74, 6) is -0.631. The molecule has 1 fully saturated rings. The summed E-state index contributed by atoms with van der Waals surface area (Å²) in [7, 11) is 0. The van der Waals surface area contributed by atoms with Crippen LogP contribution in [0.25, 0.3) is 55.7 Å². The highest BCUT2D eigenvalue weighted by Gasteiger charge is 2.17. The quantitative estimate of drug-likeness (QED) is 0.279. The fourth-order valence-corrected chi connectivity index (χ4v) is 5.33. The van der Waals surface area contributed by atoms with E-state index in [2.05, 4.69) is 47.2 Å². The third-order valence-electron chi connectivity index (χ3n) is 7.13. The van der Waals surface area contributed by atoms with Crippen molar-refractivity contribution in [2.75, 3.05) is 13.1 Å². The summed E-state index contributed by atoms with van der Waals surface area (Å²) < 4.78 is 14.0. The van der Waals surface area contributed by atoms with Crippen LogP contribution in [0.2, 0.25) is 0 Å². The first-order valence-electron chi connectivity index (χ1n) is 12.6. The fraction of sp³-hybridized carbons (Fsp3) is 0.172. The minimum Gasteiger partial charge on any atom is -0.508 e. The number of hydrogen-bond donors (Lipinski definition) is 3. The van der Waals surface area contributed by atoms with E-state index in [1.54, 1.807) is 12.3 Å². The molecule has 0 spiro atoms. The summed E-state index contributed by atoms with van der Waals surface area (Å²) in [6.07, 6.45) is 9.81. The molecule has 1 saturated heterocycles. The average molecular weight is 506 g/mol. The number of rotatable bonds is 5. The van der Waals surface area contributed by atoms with E-state index >= 15 is 0 Å². The Bertz CT molecular complexity index is 1780. The number of nitrogens with one attached hydrogen (secondary N) is 2. The molecule has 3 N–H and O–H groups in total. The molecule has 6 aromatic rings. The Balaban J connectivity index is 1.28. The van der Waals surface area contributed by atoms with Crippen LogP contribution in [-0.4, -0.2) is 53.2 Å². The summed E-state index contributed by atoms with van der Waals surface area (Å²) in [6.45, 7) is 3.18. The van der Waals surface area contributed by atoms with E-state index in [9.17, 15) is 9.50 Å². The Morgan fingerprint density at radius 3 is 2.61 bits per heavy atom. The van der Waals surface area contributed by atoms with Crippen molar-refractivity contribution >= 4 is 22.1 Å². The van der Waals surface area contributed by atoms with Crippen LogP contribution >= 0.6 is 0 Å². The SMILES string of the molecule is Oc1cc(F)cc(-c2ccnc3[nH]c(-c4n[nH]c5ncc(-c6cncc(CN7CCCC7)c6)cc45)cc23)c1. The van der Waals surface area contributed by atoms with E-state index in [0.29, 0.717) is 22.6 Å². The van der Waals surface area contributed by atoms with Crippen LogP contribution in [0.1, 0.15) is 18.4 Å². The molecule has 0 radical (unpaired) electrons. The number of aromatic nitrogens is 6. The second kappa shape index (κ2) is 9.04. The lowest BCUT2D eigenvalue weighted by molar-refractivity contribution is 0.331. The summed E-state index contributed by atoms with van der Waals surface area (Å²) in [5, 5.41) is 19.1. The van der Waals surface area contributed by atoms with Crippen LogP contribution in [0.3, 0.4) is 0 Å². The average Bonchev–Trinajstić information content (AvgIpc) is 3.67. The second-order valence-electron chi connectivity index (χ2n) is 9.76. The molecule has 1 aromatic carbocycles. The molecule has 7 rings (SSSR count). The Morgan fingerprint density at radius 2 is 1.74 bits per heavy atom. The minimum atomic E-state index is -0.503. The van der Waals surface area contributed by atoms with Crippen molar-refractivity contribution in [1.29, 1.82) is 0 Å². The zero-order valence-electron chi connectivity index (χ0n) is 20.4. The van der Waals surface area contributed by atoms with Crippen molar-refractivity contribution in [3.05, 3.63) is 78.6 Å². The summed E-state index contributed by atoms with van der Waals surface area (Å²) in [4.78, 5) is 19.4. The molecule has 5 aromatic heterocycles. The zero-order valence-corrected chi connectivity index (χ0v) is 20.4.